The van der Waals surface area contributed by atoms with Crippen LogP contribution in [0.3, 0.4) is 0 Å². The highest BCUT2D eigenvalue weighted by Gasteiger charge is 2.17. The Kier molecular flexibility index (Phi) is 8.83. The number of benzene rings is 1. The van der Waals surface area contributed by atoms with Crippen molar-refractivity contribution in [3.63, 3.8) is 0 Å². The lowest BCUT2D eigenvalue weighted by molar-refractivity contribution is 0.0320. The summed E-state index contributed by atoms with van der Waals surface area (Å²) in [7, 11) is 0. The molecule has 1 amide bonds. The van der Waals surface area contributed by atoms with Gasteiger partial charge in [0.15, 0.2) is 0 Å². The van der Waals surface area contributed by atoms with E-state index in [4.69, 9.17) is 14.5 Å². The molecule has 1 aromatic carbocycles. The van der Waals surface area contributed by atoms with Gasteiger partial charge in [0.2, 0.25) is 5.88 Å². The van der Waals surface area contributed by atoms with Crippen LogP contribution in [-0.2, 0) is 4.74 Å². The van der Waals surface area contributed by atoms with Gasteiger partial charge in [0.05, 0.1) is 13.2 Å². The van der Waals surface area contributed by atoms with E-state index in [1.165, 1.54) is 5.56 Å². The first kappa shape index (κ1) is 26.0. The van der Waals surface area contributed by atoms with E-state index >= 15 is 0 Å². The SMILES string of the molecule is CCCN(CCC)c1cc(C(=O)Nc2ccc3[nH]c(C)c(C)c3c2)cc(OCCN2CCOCC2)n1. The molecular formula is C28H39N5O3. The van der Waals surface area contributed by atoms with Crippen LogP contribution in [0.2, 0.25) is 0 Å². The summed E-state index contributed by atoms with van der Waals surface area (Å²) in [4.78, 5) is 26.1. The molecule has 1 aliphatic heterocycles. The van der Waals surface area contributed by atoms with E-state index in [1.54, 1.807) is 6.07 Å². The molecule has 0 unspecified atom stereocenters. The van der Waals surface area contributed by atoms with Gasteiger partial charge in [0.25, 0.3) is 5.91 Å². The van der Waals surface area contributed by atoms with Crippen LogP contribution in [0, 0.1) is 13.8 Å². The van der Waals surface area contributed by atoms with Crippen molar-refractivity contribution < 1.29 is 14.3 Å². The summed E-state index contributed by atoms with van der Waals surface area (Å²) in [5.74, 6) is 1.09. The Bertz CT molecular complexity index is 1160. The molecule has 2 N–H and O–H groups in total. The van der Waals surface area contributed by atoms with Crippen LogP contribution in [0.4, 0.5) is 11.5 Å². The number of carbonyl (C=O) groups excluding carboxylic acids is 1. The molecule has 0 atom stereocenters. The van der Waals surface area contributed by atoms with Crippen molar-refractivity contribution in [2.24, 2.45) is 0 Å². The van der Waals surface area contributed by atoms with E-state index in [9.17, 15) is 4.79 Å². The second-order valence-electron chi connectivity index (χ2n) is 9.43. The molecule has 3 aromatic rings. The molecule has 8 heteroatoms. The minimum atomic E-state index is -0.172. The van der Waals surface area contributed by atoms with Crippen molar-refractivity contribution in [1.82, 2.24) is 14.9 Å². The van der Waals surface area contributed by atoms with E-state index in [1.807, 2.05) is 24.3 Å². The standard InChI is InChI=1S/C28H39N5O3/c1-5-9-33(10-6-2)26-17-22(18-27(31-26)36-16-13-32-11-14-35-15-12-32)28(34)30-23-7-8-25-24(19-23)20(3)21(4)29-25/h7-8,17-19,29H,5-6,9-16H2,1-4H3,(H,30,34). The van der Waals surface area contributed by atoms with E-state index in [-0.39, 0.29) is 5.91 Å². The fraction of sp³-hybridized carbons (Fsp3) is 0.500. The van der Waals surface area contributed by atoms with Gasteiger partial charge in [-0.1, -0.05) is 13.8 Å². The maximum absolute atomic E-state index is 13.4. The Morgan fingerprint density at radius 2 is 1.89 bits per heavy atom. The van der Waals surface area contributed by atoms with Crippen LogP contribution in [0.1, 0.15) is 48.3 Å². The highest BCUT2D eigenvalue weighted by Crippen LogP contribution is 2.26. The molecule has 2 aromatic heterocycles. The number of pyridine rings is 1. The van der Waals surface area contributed by atoms with Gasteiger partial charge in [-0.05, 0) is 56.5 Å². The van der Waals surface area contributed by atoms with Crippen LogP contribution in [0.25, 0.3) is 10.9 Å². The number of ether oxygens (including phenoxy) is 2. The van der Waals surface area contributed by atoms with Gasteiger partial charge in [0, 0.05) is 66.6 Å². The first-order valence-electron chi connectivity index (χ1n) is 13.1. The smallest absolute Gasteiger partial charge is 0.255 e. The lowest BCUT2D eigenvalue weighted by Crippen LogP contribution is -2.38. The highest BCUT2D eigenvalue weighted by molar-refractivity contribution is 6.06. The fourth-order valence-electron chi connectivity index (χ4n) is 4.59. The third-order valence-electron chi connectivity index (χ3n) is 6.69. The Labute approximate surface area is 214 Å². The van der Waals surface area contributed by atoms with Gasteiger partial charge >= 0.3 is 0 Å². The molecule has 1 saturated heterocycles. The number of aromatic nitrogens is 2. The molecule has 0 aliphatic carbocycles. The molecule has 0 radical (unpaired) electrons. The lowest BCUT2D eigenvalue weighted by Gasteiger charge is -2.26. The Morgan fingerprint density at radius 3 is 2.61 bits per heavy atom. The van der Waals surface area contributed by atoms with Crippen LogP contribution < -0.4 is 15.0 Å². The third kappa shape index (κ3) is 6.36. The normalized spacial score (nSPS) is 14.2. The minimum Gasteiger partial charge on any atom is -0.476 e. The zero-order valence-electron chi connectivity index (χ0n) is 22.0. The molecule has 1 aliphatic rings. The van der Waals surface area contributed by atoms with Gasteiger partial charge in [-0.2, -0.15) is 4.98 Å². The number of aryl methyl sites for hydroxylation is 2. The van der Waals surface area contributed by atoms with E-state index in [0.29, 0.717) is 18.1 Å². The molecule has 194 valence electrons. The maximum atomic E-state index is 13.4. The number of hydrogen-bond acceptors (Lipinski definition) is 6. The number of aromatic amines is 1. The topological polar surface area (TPSA) is 82.7 Å². The number of H-pyrrole nitrogens is 1. The molecule has 0 saturated carbocycles. The zero-order chi connectivity index (χ0) is 25.5. The highest BCUT2D eigenvalue weighted by atomic mass is 16.5. The maximum Gasteiger partial charge on any atom is 0.255 e. The van der Waals surface area contributed by atoms with Crippen LogP contribution in [0.15, 0.2) is 30.3 Å². The predicted octanol–water partition coefficient (Wildman–Crippen LogP) is 4.77. The van der Waals surface area contributed by atoms with Crippen molar-refractivity contribution >= 4 is 28.3 Å². The second-order valence-corrected chi connectivity index (χ2v) is 9.43. The summed E-state index contributed by atoms with van der Waals surface area (Å²) in [6.45, 7) is 14.9. The molecule has 0 spiro atoms. The number of fused-ring (bicyclic) bond motifs is 1. The average Bonchev–Trinajstić information content (AvgIpc) is 3.17. The number of nitrogens with one attached hydrogen (secondary N) is 2. The van der Waals surface area contributed by atoms with Gasteiger partial charge in [-0.3, -0.25) is 9.69 Å². The predicted molar refractivity (Wildman–Crippen MR) is 146 cm³/mol. The monoisotopic (exact) mass is 493 g/mol. The average molecular weight is 494 g/mol. The Balaban J connectivity index is 1.54. The van der Waals surface area contributed by atoms with Crippen molar-refractivity contribution in [1.29, 1.82) is 0 Å². The van der Waals surface area contributed by atoms with Crippen molar-refractivity contribution in [2.45, 2.75) is 40.5 Å². The summed E-state index contributed by atoms with van der Waals surface area (Å²) < 4.78 is 11.5. The van der Waals surface area contributed by atoms with Crippen molar-refractivity contribution in [2.75, 3.05) is 62.8 Å². The number of morpholine rings is 1. The number of rotatable bonds is 11. The number of anilines is 2. The first-order valence-corrected chi connectivity index (χ1v) is 13.1. The summed E-state index contributed by atoms with van der Waals surface area (Å²) in [5.41, 5.74) is 4.71. The molecule has 8 nitrogen and oxygen atoms in total. The molecule has 4 rings (SSSR count). The van der Waals surface area contributed by atoms with E-state index in [0.717, 1.165) is 86.9 Å². The number of amides is 1. The molecule has 0 bridgehead atoms. The molecule has 3 heterocycles. The minimum absolute atomic E-state index is 0.172. The van der Waals surface area contributed by atoms with Gasteiger partial charge < -0.3 is 24.7 Å². The van der Waals surface area contributed by atoms with Crippen LogP contribution >= 0.6 is 0 Å². The molecule has 1 fully saturated rings. The second kappa shape index (κ2) is 12.2. The van der Waals surface area contributed by atoms with Gasteiger partial charge in [0.1, 0.15) is 12.4 Å². The number of nitrogens with zero attached hydrogens (tertiary/aromatic N) is 3. The lowest BCUT2D eigenvalue weighted by atomic mass is 10.1. The van der Waals surface area contributed by atoms with E-state index in [2.05, 4.69) is 47.8 Å². The Hall–Kier alpha value is -3.10. The van der Waals surface area contributed by atoms with Gasteiger partial charge in [-0.25, -0.2) is 0 Å². The first-order chi connectivity index (χ1) is 17.5. The van der Waals surface area contributed by atoms with Gasteiger partial charge in [-0.15, -0.1) is 0 Å². The quantitative estimate of drug-likeness (QED) is 0.400. The molecule has 36 heavy (non-hydrogen) atoms. The third-order valence-corrected chi connectivity index (χ3v) is 6.69. The summed E-state index contributed by atoms with van der Waals surface area (Å²) in [5, 5.41) is 4.19. The van der Waals surface area contributed by atoms with Crippen LogP contribution in [-0.4, -0.2) is 73.3 Å². The summed E-state index contributed by atoms with van der Waals surface area (Å²) in [6, 6.07) is 9.58. The van der Waals surface area contributed by atoms with Crippen LogP contribution in [0.5, 0.6) is 5.88 Å². The van der Waals surface area contributed by atoms with E-state index < -0.39 is 0 Å². The number of carbonyl (C=O) groups is 1. The molecular weight excluding hydrogens is 454 g/mol. The summed E-state index contributed by atoms with van der Waals surface area (Å²) in [6.07, 6.45) is 2.00. The van der Waals surface area contributed by atoms with Crippen molar-refractivity contribution in [3.05, 3.63) is 47.2 Å². The largest absolute Gasteiger partial charge is 0.476 e. The summed E-state index contributed by atoms with van der Waals surface area (Å²) >= 11 is 0. The zero-order valence-corrected chi connectivity index (χ0v) is 22.0. The Morgan fingerprint density at radius 1 is 1.14 bits per heavy atom. The van der Waals surface area contributed by atoms with Crippen molar-refractivity contribution in [3.8, 4) is 5.88 Å². The fourth-order valence-corrected chi connectivity index (χ4v) is 4.59. The number of hydrogen-bond donors (Lipinski definition) is 2.